The summed E-state index contributed by atoms with van der Waals surface area (Å²) in [5, 5.41) is 0. The van der Waals surface area contributed by atoms with Crippen LogP contribution in [0.4, 0.5) is 0 Å². The molecule has 1 fully saturated rings. The summed E-state index contributed by atoms with van der Waals surface area (Å²) in [6.45, 7) is 5.75. The van der Waals surface area contributed by atoms with Crippen LogP contribution in [0.15, 0.2) is 18.2 Å². The molecule has 7 heteroatoms. The maximum absolute atomic E-state index is 12.2. The molecule has 0 bridgehead atoms. The van der Waals surface area contributed by atoms with Crippen LogP contribution in [0.2, 0.25) is 0 Å². The fourth-order valence-electron chi connectivity index (χ4n) is 2.43. The lowest BCUT2D eigenvalue weighted by atomic mass is 10.1. The van der Waals surface area contributed by atoms with Crippen molar-refractivity contribution in [2.45, 2.75) is 18.7 Å². The maximum Gasteiger partial charge on any atom is 0.260 e. The number of ether oxygens (including phenoxy) is 1. The van der Waals surface area contributed by atoms with Crippen LogP contribution in [0.1, 0.15) is 11.1 Å². The van der Waals surface area contributed by atoms with Crippen molar-refractivity contribution in [2.24, 2.45) is 0 Å². The molecule has 1 aliphatic rings. The predicted octanol–water partition coefficient (Wildman–Crippen LogP) is 2.16. The fraction of sp³-hybridized carbons (Fsp3) is 0.500. The Morgan fingerprint density at radius 2 is 1.74 bits per heavy atom. The molecular weight excluding hydrogens is 339 g/mol. The maximum atomic E-state index is 12.2. The van der Waals surface area contributed by atoms with E-state index in [1.807, 2.05) is 32.0 Å². The lowest BCUT2D eigenvalue weighted by molar-refractivity contribution is -0.139. The van der Waals surface area contributed by atoms with Crippen molar-refractivity contribution in [1.82, 2.24) is 9.80 Å². The second-order valence-electron chi connectivity index (χ2n) is 5.49. The van der Waals surface area contributed by atoms with Gasteiger partial charge in [-0.25, -0.2) is 0 Å². The zero-order valence-corrected chi connectivity index (χ0v) is 14.7. The van der Waals surface area contributed by atoms with Gasteiger partial charge in [0.15, 0.2) is 11.4 Å². The van der Waals surface area contributed by atoms with Crippen LogP contribution in [0.3, 0.4) is 0 Å². The SMILES string of the molecule is Cc1cccc(OCC(=O)N2CCN(C(=O)C(Cl)Cl)CC2)c1C. The van der Waals surface area contributed by atoms with Crippen molar-refractivity contribution in [3.05, 3.63) is 29.3 Å². The van der Waals surface area contributed by atoms with Crippen molar-refractivity contribution in [3.8, 4) is 5.75 Å². The monoisotopic (exact) mass is 358 g/mol. The van der Waals surface area contributed by atoms with Gasteiger partial charge in [-0.1, -0.05) is 35.3 Å². The van der Waals surface area contributed by atoms with Crippen LogP contribution in [0.5, 0.6) is 5.75 Å². The smallest absolute Gasteiger partial charge is 0.260 e. The molecule has 0 unspecified atom stereocenters. The summed E-state index contributed by atoms with van der Waals surface area (Å²) >= 11 is 11.2. The highest BCUT2D eigenvalue weighted by Gasteiger charge is 2.27. The molecule has 5 nitrogen and oxygen atoms in total. The number of hydrogen-bond acceptors (Lipinski definition) is 3. The van der Waals surface area contributed by atoms with E-state index in [1.54, 1.807) is 9.80 Å². The van der Waals surface area contributed by atoms with Gasteiger partial charge in [-0.05, 0) is 31.0 Å². The first kappa shape index (κ1) is 17.9. The molecule has 0 spiro atoms. The molecule has 1 saturated heterocycles. The Morgan fingerprint density at radius 3 is 2.35 bits per heavy atom. The average molecular weight is 359 g/mol. The van der Waals surface area contributed by atoms with Gasteiger partial charge in [0.25, 0.3) is 11.8 Å². The van der Waals surface area contributed by atoms with Gasteiger partial charge in [-0.3, -0.25) is 9.59 Å². The number of aryl methyl sites for hydroxylation is 1. The zero-order chi connectivity index (χ0) is 17.0. The number of rotatable bonds is 4. The Labute approximate surface area is 146 Å². The predicted molar refractivity (Wildman–Crippen MR) is 90.1 cm³/mol. The minimum absolute atomic E-state index is 0.00806. The molecule has 0 radical (unpaired) electrons. The topological polar surface area (TPSA) is 49.9 Å². The largest absolute Gasteiger partial charge is 0.483 e. The summed E-state index contributed by atoms with van der Waals surface area (Å²) in [6.07, 6.45) is 0. The van der Waals surface area contributed by atoms with Gasteiger partial charge in [-0.15, -0.1) is 0 Å². The van der Waals surface area contributed by atoms with E-state index < -0.39 is 4.84 Å². The molecule has 126 valence electrons. The van der Waals surface area contributed by atoms with Gasteiger partial charge in [-0.2, -0.15) is 0 Å². The van der Waals surface area contributed by atoms with Gasteiger partial charge in [0.2, 0.25) is 0 Å². The van der Waals surface area contributed by atoms with E-state index in [0.29, 0.717) is 26.2 Å². The van der Waals surface area contributed by atoms with E-state index in [2.05, 4.69) is 0 Å². The van der Waals surface area contributed by atoms with Crippen LogP contribution < -0.4 is 4.74 Å². The van der Waals surface area contributed by atoms with Gasteiger partial charge in [0, 0.05) is 26.2 Å². The van der Waals surface area contributed by atoms with E-state index in [9.17, 15) is 9.59 Å². The third-order valence-corrected chi connectivity index (χ3v) is 4.41. The third kappa shape index (κ3) is 4.52. The summed E-state index contributed by atoms with van der Waals surface area (Å²) in [4.78, 5) is 26.1. The van der Waals surface area contributed by atoms with Crippen LogP contribution >= 0.6 is 23.2 Å². The highest BCUT2D eigenvalue weighted by molar-refractivity contribution is 6.53. The molecule has 1 aromatic rings. The summed E-state index contributed by atoms with van der Waals surface area (Å²) in [5.74, 6) is 0.317. The molecule has 2 rings (SSSR count). The van der Waals surface area contributed by atoms with Gasteiger partial charge in [0.1, 0.15) is 5.75 Å². The van der Waals surface area contributed by atoms with Crippen LogP contribution in [0.25, 0.3) is 0 Å². The Balaban J connectivity index is 1.84. The second-order valence-corrected chi connectivity index (χ2v) is 6.59. The van der Waals surface area contributed by atoms with Crippen molar-refractivity contribution in [2.75, 3.05) is 32.8 Å². The Bertz CT molecular complexity index is 585. The Hall–Kier alpha value is -1.46. The first-order chi connectivity index (χ1) is 10.9. The van der Waals surface area contributed by atoms with E-state index in [0.717, 1.165) is 16.9 Å². The number of benzene rings is 1. The highest BCUT2D eigenvalue weighted by atomic mass is 35.5. The third-order valence-electron chi connectivity index (χ3n) is 4.04. The number of halogens is 2. The fourth-order valence-corrected chi connectivity index (χ4v) is 2.70. The molecule has 0 N–H and O–H groups in total. The highest BCUT2D eigenvalue weighted by Crippen LogP contribution is 2.20. The lowest BCUT2D eigenvalue weighted by Crippen LogP contribution is -2.52. The molecule has 0 aliphatic carbocycles. The van der Waals surface area contributed by atoms with Gasteiger partial charge < -0.3 is 14.5 Å². The first-order valence-corrected chi connectivity index (χ1v) is 8.31. The van der Waals surface area contributed by atoms with Crippen LogP contribution in [0, 0.1) is 13.8 Å². The van der Waals surface area contributed by atoms with Gasteiger partial charge >= 0.3 is 0 Å². The van der Waals surface area contributed by atoms with Crippen molar-refractivity contribution < 1.29 is 14.3 Å². The summed E-state index contributed by atoms with van der Waals surface area (Å²) in [7, 11) is 0. The minimum atomic E-state index is -1.05. The van der Waals surface area contributed by atoms with E-state index in [4.69, 9.17) is 27.9 Å². The normalized spacial score (nSPS) is 15.0. The Kier molecular flexibility index (Phi) is 6.13. The standard InChI is InChI=1S/C16H20Cl2N2O3/c1-11-4-3-5-13(12(11)2)23-10-14(21)19-6-8-20(9-7-19)16(22)15(17)18/h3-5,15H,6-10H2,1-2H3. The molecule has 1 aromatic carbocycles. The molecule has 23 heavy (non-hydrogen) atoms. The number of alkyl halides is 2. The second kappa shape index (κ2) is 7.88. The molecule has 1 heterocycles. The van der Waals surface area contributed by atoms with Gasteiger partial charge in [0.05, 0.1) is 0 Å². The van der Waals surface area contributed by atoms with E-state index >= 15 is 0 Å². The summed E-state index contributed by atoms with van der Waals surface area (Å²) < 4.78 is 5.63. The molecule has 0 atom stereocenters. The molecule has 2 amide bonds. The quantitative estimate of drug-likeness (QED) is 0.775. The first-order valence-electron chi connectivity index (χ1n) is 7.44. The lowest BCUT2D eigenvalue weighted by Gasteiger charge is -2.35. The molecule has 0 aromatic heterocycles. The van der Waals surface area contributed by atoms with E-state index in [-0.39, 0.29) is 18.4 Å². The number of nitrogens with zero attached hydrogens (tertiary/aromatic N) is 2. The number of hydrogen-bond donors (Lipinski definition) is 0. The van der Waals surface area contributed by atoms with Crippen molar-refractivity contribution in [3.63, 3.8) is 0 Å². The molecular formula is C16H20Cl2N2O3. The summed E-state index contributed by atoms with van der Waals surface area (Å²) in [6, 6.07) is 5.76. The zero-order valence-electron chi connectivity index (χ0n) is 13.2. The van der Waals surface area contributed by atoms with Crippen molar-refractivity contribution >= 4 is 35.0 Å². The minimum Gasteiger partial charge on any atom is -0.483 e. The Morgan fingerprint density at radius 1 is 1.13 bits per heavy atom. The number of amides is 2. The van der Waals surface area contributed by atoms with Crippen LogP contribution in [-0.2, 0) is 9.59 Å². The number of piperazine rings is 1. The molecule has 0 saturated carbocycles. The van der Waals surface area contributed by atoms with Crippen molar-refractivity contribution in [1.29, 1.82) is 0 Å². The number of carbonyl (C=O) groups excluding carboxylic acids is 2. The molecule has 1 aliphatic heterocycles. The summed E-state index contributed by atoms with van der Waals surface area (Å²) in [5.41, 5.74) is 2.16. The van der Waals surface area contributed by atoms with E-state index in [1.165, 1.54) is 0 Å². The average Bonchev–Trinajstić information content (AvgIpc) is 2.55. The number of carbonyl (C=O) groups is 2. The van der Waals surface area contributed by atoms with Crippen LogP contribution in [-0.4, -0.2) is 59.2 Å².